The molecule has 156 valence electrons. The maximum Gasteiger partial charge on any atom is 0.337 e. The van der Waals surface area contributed by atoms with Crippen LogP contribution in [0, 0.1) is 0 Å². The van der Waals surface area contributed by atoms with Crippen LogP contribution >= 0.6 is 11.8 Å². The number of nitrogens with one attached hydrogen (secondary N) is 1. The summed E-state index contributed by atoms with van der Waals surface area (Å²) < 4.78 is 11.5. The van der Waals surface area contributed by atoms with E-state index in [9.17, 15) is 9.59 Å². The van der Waals surface area contributed by atoms with Gasteiger partial charge in [-0.15, -0.1) is 10.2 Å². The molecule has 10 heteroatoms. The molecule has 0 unspecified atom stereocenters. The molecular weight excluding hydrogens is 406 g/mol. The van der Waals surface area contributed by atoms with Crippen molar-refractivity contribution < 1.29 is 19.1 Å². The van der Waals surface area contributed by atoms with E-state index in [2.05, 4.69) is 20.3 Å². The first-order valence-corrected chi connectivity index (χ1v) is 10.0. The summed E-state index contributed by atoms with van der Waals surface area (Å²) in [6.07, 6.45) is 0. The molecule has 0 fully saturated rings. The standard InChI is InChI=1S/C20H21N5O4S/c1-3-29-16-6-4-5-14(11-16)18-23-24-20(25(18)21)30-12-17(26)22-15-9-7-13(8-10-15)19(27)28-2/h4-11H,3,12,21H2,1-2H3,(H,22,26). The van der Waals surface area contributed by atoms with E-state index in [4.69, 9.17) is 10.6 Å². The molecule has 0 aliphatic heterocycles. The number of hydrogen-bond donors (Lipinski definition) is 2. The molecule has 0 aliphatic rings. The van der Waals surface area contributed by atoms with Crippen LogP contribution in [0.15, 0.2) is 53.7 Å². The van der Waals surface area contributed by atoms with Gasteiger partial charge in [-0.05, 0) is 43.3 Å². The molecule has 0 atom stereocenters. The summed E-state index contributed by atoms with van der Waals surface area (Å²) in [5.41, 5.74) is 1.73. The van der Waals surface area contributed by atoms with Crippen molar-refractivity contribution >= 4 is 29.3 Å². The van der Waals surface area contributed by atoms with E-state index in [0.717, 1.165) is 17.3 Å². The molecule has 0 saturated carbocycles. The molecule has 1 amide bonds. The SMILES string of the molecule is CCOc1cccc(-c2nnc(SCC(=O)Nc3ccc(C(=O)OC)cc3)n2N)c1. The fourth-order valence-corrected chi connectivity index (χ4v) is 3.26. The molecule has 0 saturated heterocycles. The zero-order valence-corrected chi connectivity index (χ0v) is 17.3. The number of ether oxygens (including phenoxy) is 2. The molecule has 1 aromatic heterocycles. The Morgan fingerprint density at radius 2 is 1.93 bits per heavy atom. The molecule has 2 aromatic carbocycles. The van der Waals surface area contributed by atoms with Crippen LogP contribution in [0.1, 0.15) is 17.3 Å². The number of anilines is 1. The number of benzene rings is 2. The minimum absolute atomic E-state index is 0.0903. The van der Waals surface area contributed by atoms with Crippen molar-refractivity contribution in [3.8, 4) is 17.1 Å². The van der Waals surface area contributed by atoms with Crippen LogP contribution in [0.5, 0.6) is 5.75 Å². The Kier molecular flexibility index (Phi) is 6.91. The third-order valence-electron chi connectivity index (χ3n) is 3.99. The molecule has 1 heterocycles. The second-order valence-corrected chi connectivity index (χ2v) is 6.99. The lowest BCUT2D eigenvalue weighted by molar-refractivity contribution is -0.113. The summed E-state index contributed by atoms with van der Waals surface area (Å²) >= 11 is 1.16. The van der Waals surface area contributed by atoms with Crippen molar-refractivity contribution in [2.75, 3.05) is 30.6 Å². The number of aromatic nitrogens is 3. The minimum atomic E-state index is -0.437. The molecule has 0 radical (unpaired) electrons. The third kappa shape index (κ3) is 5.09. The molecule has 9 nitrogen and oxygen atoms in total. The van der Waals surface area contributed by atoms with E-state index in [-0.39, 0.29) is 11.7 Å². The quantitative estimate of drug-likeness (QED) is 0.320. The van der Waals surface area contributed by atoms with E-state index in [0.29, 0.717) is 34.6 Å². The predicted molar refractivity (Wildman–Crippen MR) is 114 cm³/mol. The lowest BCUT2D eigenvalue weighted by Gasteiger charge is -2.07. The number of nitrogens with zero attached hydrogens (tertiary/aromatic N) is 3. The number of amides is 1. The van der Waals surface area contributed by atoms with Crippen LogP contribution in [-0.2, 0) is 9.53 Å². The maximum atomic E-state index is 12.2. The van der Waals surface area contributed by atoms with Gasteiger partial charge in [-0.3, -0.25) is 4.79 Å². The highest BCUT2D eigenvalue weighted by Gasteiger charge is 2.15. The van der Waals surface area contributed by atoms with Crippen LogP contribution in [0.2, 0.25) is 0 Å². The van der Waals surface area contributed by atoms with Gasteiger partial charge in [0.2, 0.25) is 11.1 Å². The highest BCUT2D eigenvalue weighted by Crippen LogP contribution is 2.25. The van der Waals surface area contributed by atoms with Crippen LogP contribution in [-0.4, -0.2) is 46.2 Å². The first-order chi connectivity index (χ1) is 14.5. The Labute approximate surface area is 177 Å². The predicted octanol–water partition coefficient (Wildman–Crippen LogP) is 2.58. The van der Waals surface area contributed by atoms with Crippen molar-refractivity contribution in [1.82, 2.24) is 14.9 Å². The molecule has 3 rings (SSSR count). The van der Waals surface area contributed by atoms with Gasteiger partial charge < -0.3 is 20.6 Å². The Hall–Kier alpha value is -3.53. The smallest absolute Gasteiger partial charge is 0.337 e. The van der Waals surface area contributed by atoms with Gasteiger partial charge in [0.25, 0.3) is 0 Å². The van der Waals surface area contributed by atoms with Gasteiger partial charge in [0, 0.05) is 11.3 Å². The van der Waals surface area contributed by atoms with E-state index < -0.39 is 5.97 Å². The van der Waals surface area contributed by atoms with E-state index in [1.165, 1.54) is 11.8 Å². The Balaban J connectivity index is 1.60. The number of methoxy groups -OCH3 is 1. The lowest BCUT2D eigenvalue weighted by atomic mass is 10.2. The van der Waals surface area contributed by atoms with Crippen molar-refractivity contribution in [2.45, 2.75) is 12.1 Å². The Morgan fingerprint density at radius 3 is 2.63 bits per heavy atom. The topological polar surface area (TPSA) is 121 Å². The number of rotatable bonds is 8. The molecule has 0 spiro atoms. The van der Waals surface area contributed by atoms with E-state index >= 15 is 0 Å². The van der Waals surface area contributed by atoms with Gasteiger partial charge in [0.05, 0.1) is 25.0 Å². The van der Waals surface area contributed by atoms with Gasteiger partial charge in [0.1, 0.15) is 5.75 Å². The number of nitrogens with two attached hydrogens (primary N) is 1. The monoisotopic (exact) mass is 427 g/mol. The number of carbonyl (C=O) groups excluding carboxylic acids is 2. The summed E-state index contributed by atoms with van der Waals surface area (Å²) in [7, 11) is 1.31. The number of thioether (sulfide) groups is 1. The van der Waals surface area contributed by atoms with Gasteiger partial charge in [-0.1, -0.05) is 23.9 Å². The first-order valence-electron chi connectivity index (χ1n) is 9.06. The fourth-order valence-electron chi connectivity index (χ4n) is 2.60. The van der Waals surface area contributed by atoms with Crippen molar-refractivity contribution in [3.05, 3.63) is 54.1 Å². The zero-order chi connectivity index (χ0) is 21.5. The summed E-state index contributed by atoms with van der Waals surface area (Å²) in [6.45, 7) is 2.46. The van der Waals surface area contributed by atoms with Gasteiger partial charge in [-0.25, -0.2) is 9.47 Å². The molecule has 3 aromatic rings. The van der Waals surface area contributed by atoms with Gasteiger partial charge >= 0.3 is 5.97 Å². The highest BCUT2D eigenvalue weighted by molar-refractivity contribution is 7.99. The summed E-state index contributed by atoms with van der Waals surface area (Å²) in [5, 5.41) is 11.3. The van der Waals surface area contributed by atoms with Crippen molar-refractivity contribution in [2.24, 2.45) is 0 Å². The summed E-state index contributed by atoms with van der Waals surface area (Å²) in [6, 6.07) is 13.8. The maximum absolute atomic E-state index is 12.2. The van der Waals surface area contributed by atoms with Gasteiger partial charge in [-0.2, -0.15) is 0 Å². The number of esters is 1. The van der Waals surface area contributed by atoms with Crippen LogP contribution < -0.4 is 15.9 Å². The molecule has 30 heavy (non-hydrogen) atoms. The molecule has 3 N–H and O–H groups in total. The number of carbonyl (C=O) groups is 2. The molecular formula is C20H21N5O4S. The normalized spacial score (nSPS) is 10.5. The second-order valence-electron chi connectivity index (χ2n) is 6.04. The fraction of sp³-hybridized carbons (Fsp3) is 0.200. The highest BCUT2D eigenvalue weighted by atomic mass is 32.2. The molecule has 0 aliphatic carbocycles. The van der Waals surface area contributed by atoms with Crippen molar-refractivity contribution in [3.63, 3.8) is 0 Å². The van der Waals surface area contributed by atoms with E-state index in [1.807, 2.05) is 31.2 Å². The number of nitrogen functional groups attached to an aromatic ring is 1. The average molecular weight is 427 g/mol. The Morgan fingerprint density at radius 1 is 1.17 bits per heavy atom. The zero-order valence-electron chi connectivity index (χ0n) is 16.5. The average Bonchev–Trinajstić information content (AvgIpc) is 3.13. The lowest BCUT2D eigenvalue weighted by Crippen LogP contribution is -2.16. The first kappa shape index (κ1) is 21.2. The summed E-state index contributed by atoms with van der Waals surface area (Å²) in [4.78, 5) is 23.7. The van der Waals surface area contributed by atoms with Crippen LogP contribution in [0.25, 0.3) is 11.4 Å². The Bertz CT molecular complexity index is 1040. The van der Waals surface area contributed by atoms with Gasteiger partial charge in [0.15, 0.2) is 5.82 Å². The summed E-state index contributed by atoms with van der Waals surface area (Å²) in [5.74, 6) is 6.71. The molecule has 0 bridgehead atoms. The van der Waals surface area contributed by atoms with Crippen molar-refractivity contribution in [1.29, 1.82) is 0 Å². The third-order valence-corrected chi connectivity index (χ3v) is 4.93. The van der Waals surface area contributed by atoms with Crippen LogP contribution in [0.3, 0.4) is 0 Å². The van der Waals surface area contributed by atoms with E-state index in [1.54, 1.807) is 24.3 Å². The second kappa shape index (κ2) is 9.79. The largest absolute Gasteiger partial charge is 0.494 e. The number of hydrogen-bond acceptors (Lipinski definition) is 8. The van der Waals surface area contributed by atoms with Crippen LogP contribution in [0.4, 0.5) is 5.69 Å². The minimum Gasteiger partial charge on any atom is -0.494 e.